The van der Waals surface area contributed by atoms with Gasteiger partial charge < -0.3 is 0 Å². The monoisotopic (exact) mass is 364 g/mol. The fourth-order valence-corrected chi connectivity index (χ4v) is 2.54. The molecule has 3 aromatic rings. The third kappa shape index (κ3) is 3.72. The van der Waals surface area contributed by atoms with E-state index in [0.717, 1.165) is 5.56 Å². The van der Waals surface area contributed by atoms with Crippen LogP contribution in [0.2, 0.25) is 10.0 Å². The molecule has 0 aliphatic rings. The number of nitrogens with one attached hydrogen (secondary N) is 1. The Labute approximate surface area is 147 Å². The van der Waals surface area contributed by atoms with E-state index in [4.69, 9.17) is 23.2 Å². The van der Waals surface area contributed by atoms with Crippen LogP contribution in [0.25, 0.3) is 0 Å². The van der Waals surface area contributed by atoms with Crippen molar-refractivity contribution in [2.45, 2.75) is 6.54 Å². The summed E-state index contributed by atoms with van der Waals surface area (Å²) >= 11 is 12.0. The molecule has 0 aliphatic heterocycles. The maximum absolute atomic E-state index is 13.6. The van der Waals surface area contributed by atoms with Gasteiger partial charge in [-0.25, -0.2) is 14.1 Å². The minimum Gasteiger partial charge on any atom is -0.289 e. The van der Waals surface area contributed by atoms with E-state index in [2.05, 4.69) is 15.4 Å². The summed E-state index contributed by atoms with van der Waals surface area (Å²) in [4.78, 5) is 16.0. The van der Waals surface area contributed by atoms with Crippen LogP contribution in [0.4, 0.5) is 10.3 Å². The van der Waals surface area contributed by atoms with E-state index in [1.165, 1.54) is 29.2 Å². The molecule has 0 spiro atoms. The summed E-state index contributed by atoms with van der Waals surface area (Å²) in [5, 5.41) is 7.63. The zero-order valence-electron chi connectivity index (χ0n) is 12.2. The van der Waals surface area contributed by atoms with Crippen molar-refractivity contribution in [3.05, 3.63) is 75.8 Å². The molecule has 0 saturated carbocycles. The first-order valence-electron chi connectivity index (χ1n) is 6.92. The van der Waals surface area contributed by atoms with Gasteiger partial charge in [-0.05, 0) is 29.8 Å². The topological polar surface area (TPSA) is 59.8 Å². The Kier molecular flexibility index (Phi) is 4.78. The SMILES string of the molecule is O=C(Nc1ncn(Cc2ccc(Cl)cc2Cl)n1)c1ccccc1F. The maximum Gasteiger partial charge on any atom is 0.261 e. The van der Waals surface area contributed by atoms with Crippen molar-refractivity contribution in [2.24, 2.45) is 0 Å². The average molecular weight is 365 g/mol. The third-order valence-corrected chi connectivity index (χ3v) is 3.81. The molecule has 8 heteroatoms. The first kappa shape index (κ1) is 16.4. The van der Waals surface area contributed by atoms with Crippen LogP contribution >= 0.6 is 23.2 Å². The predicted octanol–water partition coefficient (Wildman–Crippen LogP) is 4.02. The molecule has 0 aliphatic carbocycles. The summed E-state index contributed by atoms with van der Waals surface area (Å²) in [6.45, 7) is 0.360. The molecule has 1 amide bonds. The van der Waals surface area contributed by atoms with Gasteiger partial charge in [0, 0.05) is 10.0 Å². The van der Waals surface area contributed by atoms with Crippen LogP contribution in [-0.4, -0.2) is 20.7 Å². The molecule has 0 saturated heterocycles. The molecule has 122 valence electrons. The van der Waals surface area contributed by atoms with E-state index in [1.807, 2.05) is 0 Å². The van der Waals surface area contributed by atoms with Crippen LogP contribution in [0, 0.1) is 5.82 Å². The lowest BCUT2D eigenvalue weighted by atomic mass is 10.2. The number of benzene rings is 2. The van der Waals surface area contributed by atoms with E-state index < -0.39 is 11.7 Å². The number of hydrogen-bond acceptors (Lipinski definition) is 3. The molecule has 2 aromatic carbocycles. The summed E-state index contributed by atoms with van der Waals surface area (Å²) < 4.78 is 15.1. The Bertz CT molecular complexity index is 897. The number of anilines is 1. The van der Waals surface area contributed by atoms with E-state index in [1.54, 1.807) is 24.3 Å². The number of carbonyl (C=O) groups excluding carboxylic acids is 1. The molecule has 0 bridgehead atoms. The van der Waals surface area contributed by atoms with Gasteiger partial charge >= 0.3 is 0 Å². The number of nitrogens with zero attached hydrogens (tertiary/aromatic N) is 3. The van der Waals surface area contributed by atoms with Gasteiger partial charge in [-0.2, -0.15) is 0 Å². The van der Waals surface area contributed by atoms with Crippen LogP contribution in [-0.2, 0) is 6.54 Å². The summed E-state index contributed by atoms with van der Waals surface area (Å²) in [7, 11) is 0. The normalized spacial score (nSPS) is 10.6. The molecule has 1 heterocycles. The lowest BCUT2D eigenvalue weighted by Crippen LogP contribution is -2.15. The Balaban J connectivity index is 1.72. The molecular weight excluding hydrogens is 354 g/mol. The van der Waals surface area contributed by atoms with Gasteiger partial charge in [0.05, 0.1) is 12.1 Å². The largest absolute Gasteiger partial charge is 0.289 e. The zero-order valence-corrected chi connectivity index (χ0v) is 13.7. The molecule has 0 radical (unpaired) electrons. The van der Waals surface area contributed by atoms with Gasteiger partial charge in [0.2, 0.25) is 5.95 Å². The molecule has 5 nitrogen and oxygen atoms in total. The Morgan fingerprint density at radius 2 is 2.00 bits per heavy atom. The summed E-state index contributed by atoms with van der Waals surface area (Å²) in [6.07, 6.45) is 1.45. The standard InChI is InChI=1S/C16H11Cl2FN4O/c17-11-6-5-10(13(18)7-11)8-23-9-20-16(22-23)21-15(24)12-3-1-2-4-14(12)19/h1-7,9H,8H2,(H,21,22,24). The molecule has 3 rings (SSSR count). The van der Waals surface area contributed by atoms with Crippen molar-refractivity contribution in [3.63, 3.8) is 0 Å². The molecular formula is C16H11Cl2FN4O. The first-order chi connectivity index (χ1) is 11.5. The maximum atomic E-state index is 13.6. The fraction of sp³-hybridized carbons (Fsp3) is 0.0625. The van der Waals surface area contributed by atoms with Crippen molar-refractivity contribution in [2.75, 3.05) is 5.32 Å². The van der Waals surface area contributed by atoms with Gasteiger partial charge in [-0.15, -0.1) is 5.10 Å². The highest BCUT2D eigenvalue weighted by atomic mass is 35.5. The van der Waals surface area contributed by atoms with Crippen LogP contribution in [0.15, 0.2) is 48.8 Å². The lowest BCUT2D eigenvalue weighted by Gasteiger charge is -2.04. The average Bonchev–Trinajstić information content (AvgIpc) is 2.97. The third-order valence-electron chi connectivity index (χ3n) is 3.23. The Hall–Kier alpha value is -2.44. The van der Waals surface area contributed by atoms with E-state index in [-0.39, 0.29) is 11.5 Å². The highest BCUT2D eigenvalue weighted by Crippen LogP contribution is 2.21. The minimum atomic E-state index is -0.615. The predicted molar refractivity (Wildman–Crippen MR) is 89.9 cm³/mol. The van der Waals surface area contributed by atoms with Crippen LogP contribution in [0.1, 0.15) is 15.9 Å². The quantitative estimate of drug-likeness (QED) is 0.760. The van der Waals surface area contributed by atoms with E-state index in [0.29, 0.717) is 16.6 Å². The van der Waals surface area contributed by atoms with Crippen molar-refractivity contribution in [1.82, 2.24) is 14.8 Å². The molecule has 24 heavy (non-hydrogen) atoms. The van der Waals surface area contributed by atoms with Crippen molar-refractivity contribution in [3.8, 4) is 0 Å². The van der Waals surface area contributed by atoms with Crippen LogP contribution < -0.4 is 5.32 Å². The second-order valence-electron chi connectivity index (χ2n) is 4.94. The van der Waals surface area contributed by atoms with E-state index in [9.17, 15) is 9.18 Å². The summed E-state index contributed by atoms with van der Waals surface area (Å²) in [6, 6.07) is 10.8. The Morgan fingerprint density at radius 1 is 1.21 bits per heavy atom. The van der Waals surface area contributed by atoms with Crippen molar-refractivity contribution >= 4 is 35.1 Å². The molecule has 0 unspecified atom stereocenters. The molecule has 0 fully saturated rings. The highest BCUT2D eigenvalue weighted by molar-refractivity contribution is 6.35. The second kappa shape index (κ2) is 6.98. The number of amides is 1. The van der Waals surface area contributed by atoms with Gasteiger partial charge in [-0.1, -0.05) is 41.4 Å². The molecule has 1 aromatic heterocycles. The van der Waals surface area contributed by atoms with Crippen molar-refractivity contribution < 1.29 is 9.18 Å². The smallest absolute Gasteiger partial charge is 0.261 e. The zero-order chi connectivity index (χ0) is 17.1. The summed E-state index contributed by atoms with van der Waals surface area (Å²) in [5.41, 5.74) is 0.729. The first-order valence-corrected chi connectivity index (χ1v) is 7.68. The number of aromatic nitrogens is 3. The van der Waals surface area contributed by atoms with Gasteiger partial charge in [0.1, 0.15) is 12.1 Å². The van der Waals surface area contributed by atoms with Crippen molar-refractivity contribution in [1.29, 1.82) is 0 Å². The molecule has 0 atom stereocenters. The van der Waals surface area contributed by atoms with Gasteiger partial charge in [0.15, 0.2) is 0 Å². The van der Waals surface area contributed by atoms with Gasteiger partial charge in [0.25, 0.3) is 5.91 Å². The van der Waals surface area contributed by atoms with Crippen LogP contribution in [0.5, 0.6) is 0 Å². The minimum absolute atomic E-state index is 0.0744. The second-order valence-corrected chi connectivity index (χ2v) is 5.78. The Morgan fingerprint density at radius 3 is 2.75 bits per heavy atom. The highest BCUT2D eigenvalue weighted by Gasteiger charge is 2.13. The molecule has 1 N–H and O–H groups in total. The van der Waals surface area contributed by atoms with Gasteiger partial charge in [-0.3, -0.25) is 10.1 Å². The number of hydrogen-bond donors (Lipinski definition) is 1. The number of carbonyl (C=O) groups is 1. The summed E-state index contributed by atoms with van der Waals surface area (Å²) in [5.74, 6) is -1.15. The van der Waals surface area contributed by atoms with Crippen LogP contribution in [0.3, 0.4) is 0 Å². The fourth-order valence-electron chi connectivity index (χ4n) is 2.07. The number of halogens is 3. The number of rotatable bonds is 4. The van der Waals surface area contributed by atoms with E-state index >= 15 is 0 Å². The lowest BCUT2D eigenvalue weighted by molar-refractivity contribution is 0.102.